The molecule has 1 N–H and O–H groups in total. The van der Waals surface area contributed by atoms with Crippen LogP contribution in [-0.2, 0) is 17.1 Å². The van der Waals surface area contributed by atoms with Crippen LogP contribution in [0.2, 0.25) is 0 Å². The first kappa shape index (κ1) is 15.3. The summed E-state index contributed by atoms with van der Waals surface area (Å²) in [5.41, 5.74) is 0.165. The van der Waals surface area contributed by atoms with Crippen molar-refractivity contribution in [3.63, 3.8) is 0 Å². The first-order chi connectivity index (χ1) is 10.8. The lowest BCUT2D eigenvalue weighted by atomic mass is 10.2. The summed E-state index contributed by atoms with van der Waals surface area (Å²) in [5.74, 6) is -1.76. The second kappa shape index (κ2) is 5.26. The van der Waals surface area contributed by atoms with Gasteiger partial charge in [-0.2, -0.15) is 13.4 Å². The Balaban J connectivity index is 1.97. The lowest BCUT2D eigenvalue weighted by Crippen LogP contribution is -2.15. The van der Waals surface area contributed by atoms with Crippen LogP contribution in [0.1, 0.15) is 12.2 Å². The number of alkyl halides is 2. The van der Waals surface area contributed by atoms with Crippen molar-refractivity contribution in [3.8, 4) is 0 Å². The van der Waals surface area contributed by atoms with E-state index in [2.05, 4.69) is 10.1 Å². The average molecular weight is 346 g/mol. The highest BCUT2D eigenvalue weighted by Gasteiger charge is 2.24. The standard InChI is InChI=1S/C12H9F3N4O3S/c1-19-12(16-11(17-19)10(14)15)18-23(20,21)9-5-6-4-7(13)2-3-8(6)22-9/h2-5,10H,1H3,(H,16,17,18). The summed E-state index contributed by atoms with van der Waals surface area (Å²) in [6.07, 6.45) is -2.94. The number of hydrogen-bond donors (Lipinski definition) is 1. The molecule has 3 rings (SSSR count). The number of nitrogens with one attached hydrogen (secondary N) is 1. The number of rotatable bonds is 4. The zero-order chi connectivity index (χ0) is 16.8. The predicted molar refractivity (Wildman–Crippen MR) is 72.9 cm³/mol. The summed E-state index contributed by atoms with van der Waals surface area (Å²) in [4.78, 5) is 3.40. The Morgan fingerprint density at radius 1 is 1.30 bits per heavy atom. The van der Waals surface area contributed by atoms with E-state index in [9.17, 15) is 21.6 Å². The number of aromatic nitrogens is 3. The van der Waals surface area contributed by atoms with E-state index in [1.165, 1.54) is 13.1 Å². The summed E-state index contributed by atoms with van der Waals surface area (Å²) in [6.45, 7) is 0. The first-order valence-electron chi connectivity index (χ1n) is 6.17. The van der Waals surface area contributed by atoms with Crippen LogP contribution in [0, 0.1) is 5.82 Å². The lowest BCUT2D eigenvalue weighted by Gasteiger charge is -2.03. The van der Waals surface area contributed by atoms with Crippen LogP contribution < -0.4 is 4.72 Å². The minimum Gasteiger partial charge on any atom is -0.443 e. The molecule has 0 atom stereocenters. The predicted octanol–water partition coefficient (Wildman–Crippen LogP) is 2.44. The number of nitrogens with zero attached hydrogens (tertiary/aromatic N) is 3. The third-order valence-corrected chi connectivity index (χ3v) is 4.10. The zero-order valence-corrected chi connectivity index (χ0v) is 12.3. The zero-order valence-electron chi connectivity index (χ0n) is 11.5. The molecular weight excluding hydrogens is 337 g/mol. The van der Waals surface area contributed by atoms with Gasteiger partial charge in [0.05, 0.1) is 0 Å². The second-order valence-electron chi connectivity index (χ2n) is 4.57. The highest BCUT2D eigenvalue weighted by atomic mass is 32.2. The van der Waals surface area contributed by atoms with Crippen molar-refractivity contribution >= 4 is 26.9 Å². The van der Waals surface area contributed by atoms with Crippen LogP contribution in [0.4, 0.5) is 19.1 Å². The quantitative estimate of drug-likeness (QED) is 0.784. The van der Waals surface area contributed by atoms with Crippen molar-refractivity contribution in [1.29, 1.82) is 0 Å². The normalized spacial score (nSPS) is 12.2. The molecule has 0 amide bonds. The van der Waals surface area contributed by atoms with Gasteiger partial charge in [-0.1, -0.05) is 0 Å². The van der Waals surface area contributed by atoms with Crippen LogP contribution in [0.5, 0.6) is 0 Å². The molecule has 0 radical (unpaired) electrons. The van der Waals surface area contributed by atoms with Gasteiger partial charge in [0, 0.05) is 18.5 Å². The molecule has 3 aromatic rings. The number of fused-ring (bicyclic) bond motifs is 1. The summed E-state index contributed by atoms with van der Waals surface area (Å²) in [6, 6.07) is 4.62. The molecule has 23 heavy (non-hydrogen) atoms. The Kier molecular flexibility index (Phi) is 3.51. The topological polar surface area (TPSA) is 90.0 Å². The van der Waals surface area contributed by atoms with Crippen molar-refractivity contribution in [3.05, 3.63) is 35.9 Å². The Labute approximate surface area is 127 Å². The van der Waals surface area contributed by atoms with Gasteiger partial charge in [-0.05, 0) is 18.2 Å². The van der Waals surface area contributed by atoms with Crippen LogP contribution in [0.3, 0.4) is 0 Å². The fourth-order valence-electron chi connectivity index (χ4n) is 1.88. The molecule has 122 valence electrons. The number of benzene rings is 1. The largest absolute Gasteiger partial charge is 0.443 e. The van der Waals surface area contributed by atoms with E-state index in [-0.39, 0.29) is 11.0 Å². The number of furan rings is 1. The first-order valence-corrected chi connectivity index (χ1v) is 7.65. The van der Waals surface area contributed by atoms with Gasteiger partial charge in [-0.3, -0.25) is 0 Å². The highest BCUT2D eigenvalue weighted by molar-refractivity contribution is 7.92. The summed E-state index contributed by atoms with van der Waals surface area (Å²) < 4.78 is 70.6. The minimum atomic E-state index is -4.23. The number of aryl methyl sites for hydroxylation is 1. The minimum absolute atomic E-state index is 0.165. The molecule has 0 spiro atoms. The monoisotopic (exact) mass is 346 g/mol. The SMILES string of the molecule is Cn1nc(C(F)F)nc1NS(=O)(=O)c1cc2cc(F)ccc2o1. The molecule has 0 saturated carbocycles. The van der Waals surface area contributed by atoms with Gasteiger partial charge in [0.15, 0.2) is 0 Å². The van der Waals surface area contributed by atoms with Crippen molar-refractivity contribution in [2.45, 2.75) is 11.5 Å². The molecular formula is C12H9F3N4O3S. The van der Waals surface area contributed by atoms with Gasteiger partial charge < -0.3 is 4.42 Å². The van der Waals surface area contributed by atoms with Crippen LogP contribution in [0.25, 0.3) is 11.0 Å². The Hall–Kier alpha value is -2.56. The summed E-state index contributed by atoms with van der Waals surface area (Å²) in [5, 5.41) is 3.14. The van der Waals surface area contributed by atoms with Crippen molar-refractivity contribution in [2.24, 2.45) is 7.05 Å². The number of hydrogen-bond acceptors (Lipinski definition) is 5. The third-order valence-electron chi connectivity index (χ3n) is 2.92. The van der Waals surface area contributed by atoms with Gasteiger partial charge in [0.2, 0.25) is 16.9 Å². The summed E-state index contributed by atoms with van der Waals surface area (Å²) >= 11 is 0. The van der Waals surface area contributed by atoms with E-state index >= 15 is 0 Å². The molecule has 0 fully saturated rings. The van der Waals surface area contributed by atoms with Gasteiger partial charge in [-0.25, -0.2) is 22.6 Å². The maximum atomic E-state index is 13.1. The maximum Gasteiger partial charge on any atom is 0.299 e. The van der Waals surface area contributed by atoms with E-state index < -0.39 is 39.1 Å². The van der Waals surface area contributed by atoms with Crippen molar-refractivity contribution in [1.82, 2.24) is 14.8 Å². The van der Waals surface area contributed by atoms with E-state index in [0.29, 0.717) is 0 Å². The number of anilines is 1. The molecule has 0 saturated heterocycles. The Bertz CT molecular complexity index is 981. The van der Waals surface area contributed by atoms with Crippen molar-refractivity contribution in [2.75, 3.05) is 4.72 Å². The summed E-state index contributed by atoms with van der Waals surface area (Å²) in [7, 11) is -2.98. The fourth-order valence-corrected chi connectivity index (χ4v) is 2.88. The molecule has 0 aliphatic rings. The number of sulfonamides is 1. The fraction of sp³-hybridized carbons (Fsp3) is 0.167. The Morgan fingerprint density at radius 3 is 2.70 bits per heavy atom. The second-order valence-corrected chi connectivity index (χ2v) is 6.18. The van der Waals surface area contributed by atoms with Crippen molar-refractivity contribution < 1.29 is 26.0 Å². The van der Waals surface area contributed by atoms with E-state index in [4.69, 9.17) is 4.42 Å². The highest BCUT2D eigenvalue weighted by Crippen LogP contribution is 2.25. The van der Waals surface area contributed by atoms with Gasteiger partial charge in [-0.15, -0.1) is 5.10 Å². The van der Waals surface area contributed by atoms with E-state index in [0.717, 1.165) is 22.9 Å². The van der Waals surface area contributed by atoms with E-state index in [1.54, 1.807) is 0 Å². The molecule has 0 aliphatic heterocycles. The van der Waals surface area contributed by atoms with E-state index in [1.807, 2.05) is 4.72 Å². The molecule has 2 heterocycles. The van der Waals surface area contributed by atoms with Crippen LogP contribution in [-0.4, -0.2) is 23.2 Å². The third kappa shape index (κ3) is 2.86. The van der Waals surface area contributed by atoms with Gasteiger partial charge in [0.25, 0.3) is 16.4 Å². The average Bonchev–Trinajstić information content (AvgIpc) is 3.03. The van der Waals surface area contributed by atoms with Gasteiger partial charge in [0.1, 0.15) is 11.4 Å². The number of halogens is 3. The maximum absolute atomic E-state index is 13.1. The van der Waals surface area contributed by atoms with Crippen LogP contribution >= 0.6 is 0 Å². The molecule has 0 bridgehead atoms. The molecule has 0 unspecified atom stereocenters. The molecule has 2 aromatic heterocycles. The molecule has 0 aliphatic carbocycles. The molecule has 7 nitrogen and oxygen atoms in total. The van der Waals surface area contributed by atoms with Crippen LogP contribution in [0.15, 0.2) is 33.8 Å². The molecule has 11 heteroatoms. The Morgan fingerprint density at radius 2 is 2.04 bits per heavy atom. The molecule has 1 aromatic carbocycles. The van der Waals surface area contributed by atoms with Gasteiger partial charge >= 0.3 is 0 Å². The lowest BCUT2D eigenvalue weighted by molar-refractivity contribution is 0.140. The smallest absolute Gasteiger partial charge is 0.299 e.